The first-order chi connectivity index (χ1) is 9.66. The van der Waals surface area contributed by atoms with E-state index in [4.69, 9.17) is 15.2 Å². The molecule has 112 valence electrons. The summed E-state index contributed by atoms with van der Waals surface area (Å²) in [5, 5.41) is 2.63. The monoisotopic (exact) mass is 285 g/mol. The van der Waals surface area contributed by atoms with Crippen LogP contribution in [0.2, 0.25) is 0 Å². The van der Waals surface area contributed by atoms with Crippen molar-refractivity contribution in [3.63, 3.8) is 0 Å². The second kappa shape index (κ2) is 9.22. The van der Waals surface area contributed by atoms with Gasteiger partial charge in [-0.1, -0.05) is 0 Å². The van der Waals surface area contributed by atoms with Crippen LogP contribution < -0.4 is 11.1 Å². The first kappa shape index (κ1) is 16.3. The van der Waals surface area contributed by atoms with Gasteiger partial charge in [0, 0.05) is 26.5 Å². The van der Waals surface area contributed by atoms with E-state index in [2.05, 4.69) is 10.3 Å². The molecule has 0 bridgehead atoms. The highest BCUT2D eigenvalue weighted by Gasteiger charge is 2.13. The topological polar surface area (TPSA) is 86.5 Å². The van der Waals surface area contributed by atoms with Gasteiger partial charge in [-0.15, -0.1) is 0 Å². The fourth-order valence-corrected chi connectivity index (χ4v) is 1.51. The zero-order valence-electron chi connectivity index (χ0n) is 11.5. The lowest BCUT2D eigenvalue weighted by Gasteiger charge is -2.07. The highest BCUT2D eigenvalue weighted by molar-refractivity contribution is 5.95. The maximum Gasteiger partial charge on any atom is 0.254 e. The molecule has 7 heteroatoms. The third-order valence-electron chi connectivity index (χ3n) is 2.59. The van der Waals surface area contributed by atoms with Gasteiger partial charge in [-0.2, -0.15) is 0 Å². The third kappa shape index (κ3) is 5.50. The lowest BCUT2D eigenvalue weighted by molar-refractivity contribution is 0.0686. The number of ether oxygens (including phenoxy) is 2. The Bertz CT molecular complexity index is 429. The zero-order valence-corrected chi connectivity index (χ0v) is 11.5. The number of unbranched alkanes of at least 4 members (excludes halogenated alkanes) is 1. The van der Waals surface area contributed by atoms with Crippen molar-refractivity contribution >= 4 is 11.7 Å². The summed E-state index contributed by atoms with van der Waals surface area (Å²) in [6.45, 7) is 2.19. The van der Waals surface area contributed by atoms with Crippen LogP contribution >= 0.6 is 0 Å². The lowest BCUT2D eigenvalue weighted by atomic mass is 10.2. The Labute approximate surface area is 117 Å². The van der Waals surface area contributed by atoms with E-state index in [-0.39, 0.29) is 11.4 Å². The molecule has 1 heterocycles. The Hall–Kier alpha value is -1.73. The fourth-order valence-electron chi connectivity index (χ4n) is 1.51. The summed E-state index contributed by atoms with van der Waals surface area (Å²) in [5.74, 6) is -1.55. The number of methoxy groups -OCH3 is 1. The second-order valence-corrected chi connectivity index (χ2v) is 4.13. The molecule has 0 saturated heterocycles. The van der Waals surface area contributed by atoms with Crippen molar-refractivity contribution in [2.45, 2.75) is 12.8 Å². The van der Waals surface area contributed by atoms with Gasteiger partial charge in [-0.25, -0.2) is 9.37 Å². The SMILES string of the molecule is COCCOCCCCNC(=O)c1ccnc(N)c1F. The molecular formula is C13H20FN3O3. The molecule has 1 aromatic rings. The van der Waals surface area contributed by atoms with Gasteiger partial charge in [0.05, 0.1) is 18.8 Å². The minimum absolute atomic E-state index is 0.0890. The molecule has 0 atom stereocenters. The van der Waals surface area contributed by atoms with Gasteiger partial charge >= 0.3 is 0 Å². The van der Waals surface area contributed by atoms with Crippen LogP contribution in [0.4, 0.5) is 10.2 Å². The second-order valence-electron chi connectivity index (χ2n) is 4.13. The number of rotatable bonds is 9. The van der Waals surface area contributed by atoms with E-state index in [0.29, 0.717) is 26.4 Å². The Morgan fingerprint density at radius 1 is 1.40 bits per heavy atom. The quantitative estimate of drug-likeness (QED) is 0.660. The standard InChI is InChI=1S/C13H20FN3O3/c1-19-8-9-20-7-3-2-5-17-13(18)10-4-6-16-12(15)11(10)14/h4,6H,2-3,5,7-9H2,1H3,(H2,15,16)(H,17,18). The minimum atomic E-state index is -0.784. The van der Waals surface area contributed by atoms with Crippen LogP contribution in [0.5, 0.6) is 0 Å². The smallest absolute Gasteiger partial charge is 0.254 e. The number of carbonyl (C=O) groups is 1. The number of aromatic nitrogens is 1. The molecule has 0 spiro atoms. The van der Waals surface area contributed by atoms with E-state index in [1.54, 1.807) is 7.11 Å². The van der Waals surface area contributed by atoms with Crippen molar-refractivity contribution in [1.82, 2.24) is 10.3 Å². The summed E-state index contributed by atoms with van der Waals surface area (Å²) in [6, 6.07) is 1.30. The molecule has 0 aromatic carbocycles. The largest absolute Gasteiger partial charge is 0.382 e. The van der Waals surface area contributed by atoms with Crippen LogP contribution in [0.15, 0.2) is 12.3 Å². The molecule has 0 unspecified atom stereocenters. The highest BCUT2D eigenvalue weighted by Crippen LogP contribution is 2.11. The van der Waals surface area contributed by atoms with Gasteiger partial charge in [0.1, 0.15) is 0 Å². The first-order valence-corrected chi connectivity index (χ1v) is 6.41. The Kier molecular flexibility index (Phi) is 7.52. The van der Waals surface area contributed by atoms with Gasteiger partial charge in [0.25, 0.3) is 5.91 Å². The number of hydrogen-bond donors (Lipinski definition) is 2. The van der Waals surface area contributed by atoms with Crippen molar-refractivity contribution in [2.75, 3.05) is 39.2 Å². The van der Waals surface area contributed by atoms with Gasteiger partial charge in [0.15, 0.2) is 11.6 Å². The van der Waals surface area contributed by atoms with Crippen molar-refractivity contribution < 1.29 is 18.7 Å². The summed E-state index contributed by atoms with van der Waals surface area (Å²) in [4.78, 5) is 15.3. The summed E-state index contributed by atoms with van der Waals surface area (Å²) >= 11 is 0. The number of amides is 1. The molecule has 20 heavy (non-hydrogen) atoms. The highest BCUT2D eigenvalue weighted by atomic mass is 19.1. The zero-order chi connectivity index (χ0) is 14.8. The van der Waals surface area contributed by atoms with Crippen LogP contribution in [-0.2, 0) is 9.47 Å². The summed E-state index contributed by atoms with van der Waals surface area (Å²) in [6.07, 6.45) is 2.86. The molecule has 6 nitrogen and oxygen atoms in total. The Balaban J connectivity index is 2.19. The van der Waals surface area contributed by atoms with E-state index < -0.39 is 11.7 Å². The minimum Gasteiger partial charge on any atom is -0.382 e. The van der Waals surface area contributed by atoms with Crippen LogP contribution in [-0.4, -0.2) is 44.4 Å². The number of anilines is 1. The van der Waals surface area contributed by atoms with Crippen LogP contribution in [0, 0.1) is 5.82 Å². The third-order valence-corrected chi connectivity index (χ3v) is 2.59. The summed E-state index contributed by atoms with van der Waals surface area (Å²) < 4.78 is 23.6. The molecular weight excluding hydrogens is 265 g/mol. The van der Waals surface area contributed by atoms with Crippen molar-refractivity contribution in [3.8, 4) is 0 Å². The van der Waals surface area contributed by atoms with Gasteiger partial charge in [0.2, 0.25) is 0 Å². The van der Waals surface area contributed by atoms with E-state index in [9.17, 15) is 9.18 Å². The van der Waals surface area contributed by atoms with Crippen LogP contribution in [0.1, 0.15) is 23.2 Å². The number of nitrogens with two attached hydrogens (primary N) is 1. The van der Waals surface area contributed by atoms with E-state index in [1.165, 1.54) is 12.3 Å². The normalized spacial score (nSPS) is 10.5. The molecule has 0 fully saturated rings. The van der Waals surface area contributed by atoms with Crippen molar-refractivity contribution in [1.29, 1.82) is 0 Å². The average molecular weight is 285 g/mol. The predicted molar refractivity (Wildman–Crippen MR) is 72.9 cm³/mol. The van der Waals surface area contributed by atoms with Gasteiger partial charge in [-0.3, -0.25) is 4.79 Å². The Morgan fingerprint density at radius 2 is 2.20 bits per heavy atom. The molecule has 0 aliphatic rings. The fraction of sp³-hybridized carbons (Fsp3) is 0.538. The molecule has 1 aromatic heterocycles. The van der Waals surface area contributed by atoms with E-state index >= 15 is 0 Å². The van der Waals surface area contributed by atoms with E-state index in [0.717, 1.165) is 12.8 Å². The number of carbonyl (C=O) groups excluding carboxylic acids is 1. The molecule has 0 saturated carbocycles. The number of halogens is 1. The van der Waals surface area contributed by atoms with E-state index in [1.807, 2.05) is 0 Å². The number of nitrogen functional groups attached to an aromatic ring is 1. The number of hydrogen-bond acceptors (Lipinski definition) is 5. The number of nitrogens with zero attached hydrogens (tertiary/aromatic N) is 1. The maximum atomic E-state index is 13.5. The molecule has 0 aliphatic carbocycles. The molecule has 0 aliphatic heterocycles. The molecule has 1 rings (SSSR count). The van der Waals surface area contributed by atoms with Crippen molar-refractivity contribution in [2.24, 2.45) is 0 Å². The van der Waals surface area contributed by atoms with Gasteiger partial charge < -0.3 is 20.5 Å². The van der Waals surface area contributed by atoms with Crippen LogP contribution in [0.25, 0.3) is 0 Å². The molecule has 0 radical (unpaired) electrons. The number of nitrogens with one attached hydrogen (secondary N) is 1. The van der Waals surface area contributed by atoms with Crippen LogP contribution in [0.3, 0.4) is 0 Å². The summed E-state index contributed by atoms with van der Waals surface area (Å²) in [5.41, 5.74) is 5.21. The maximum absolute atomic E-state index is 13.5. The average Bonchev–Trinajstić information content (AvgIpc) is 2.44. The van der Waals surface area contributed by atoms with Gasteiger partial charge in [-0.05, 0) is 18.9 Å². The number of pyridine rings is 1. The predicted octanol–water partition coefficient (Wildman–Crippen LogP) is 0.976. The first-order valence-electron chi connectivity index (χ1n) is 6.41. The lowest BCUT2D eigenvalue weighted by Crippen LogP contribution is -2.26. The molecule has 1 amide bonds. The molecule has 3 N–H and O–H groups in total. The Morgan fingerprint density at radius 3 is 2.95 bits per heavy atom. The van der Waals surface area contributed by atoms with Crippen molar-refractivity contribution in [3.05, 3.63) is 23.6 Å². The summed E-state index contributed by atoms with van der Waals surface area (Å²) in [7, 11) is 1.61.